The van der Waals surface area contributed by atoms with Gasteiger partial charge in [-0.1, -0.05) is 81.8 Å². The van der Waals surface area contributed by atoms with E-state index in [1.807, 2.05) is 31.2 Å². The largest absolute Gasteiger partial charge is 0.465 e. The van der Waals surface area contributed by atoms with Crippen LogP contribution in [-0.2, 0) is 9.53 Å². The van der Waals surface area contributed by atoms with E-state index in [1.54, 1.807) is 24.3 Å². The summed E-state index contributed by atoms with van der Waals surface area (Å²) in [5.74, 6) is -1.68. The summed E-state index contributed by atoms with van der Waals surface area (Å²) in [6, 6.07) is 14.3. The summed E-state index contributed by atoms with van der Waals surface area (Å²) in [5, 5.41) is 0.347. The molecule has 0 heterocycles. The SMILES string of the molecule is Cc1cccc(Cl)c1C(=O)C(C(=O)OCC(C)CC(C)(C)C)c1ccccc1. The van der Waals surface area contributed by atoms with Crippen molar-refractivity contribution in [2.45, 2.75) is 47.0 Å². The second kappa shape index (κ2) is 9.38. The van der Waals surface area contributed by atoms with E-state index in [2.05, 4.69) is 27.7 Å². The first-order valence-corrected chi connectivity index (χ1v) is 9.99. The molecule has 3 nitrogen and oxygen atoms in total. The van der Waals surface area contributed by atoms with Crippen LogP contribution in [0.3, 0.4) is 0 Å². The zero-order valence-corrected chi connectivity index (χ0v) is 18.0. The third kappa shape index (κ3) is 5.93. The van der Waals surface area contributed by atoms with Crippen molar-refractivity contribution in [1.29, 1.82) is 0 Å². The number of ketones is 1. The minimum atomic E-state index is -1.03. The molecule has 0 aromatic heterocycles. The Morgan fingerprint density at radius 1 is 1.04 bits per heavy atom. The van der Waals surface area contributed by atoms with Crippen LogP contribution in [0.5, 0.6) is 0 Å². The van der Waals surface area contributed by atoms with Crippen LogP contribution < -0.4 is 0 Å². The summed E-state index contributed by atoms with van der Waals surface area (Å²) in [4.78, 5) is 26.3. The summed E-state index contributed by atoms with van der Waals surface area (Å²) in [6.07, 6.45) is 0.924. The van der Waals surface area contributed by atoms with Gasteiger partial charge in [0.1, 0.15) is 5.92 Å². The van der Waals surface area contributed by atoms with E-state index in [0.717, 1.165) is 12.0 Å². The molecule has 28 heavy (non-hydrogen) atoms. The molecule has 0 fully saturated rings. The van der Waals surface area contributed by atoms with E-state index in [9.17, 15) is 9.59 Å². The summed E-state index contributed by atoms with van der Waals surface area (Å²) >= 11 is 6.29. The average molecular weight is 401 g/mol. The highest BCUT2D eigenvalue weighted by Crippen LogP contribution is 2.30. The molecule has 0 saturated carbocycles. The van der Waals surface area contributed by atoms with Crippen molar-refractivity contribution in [1.82, 2.24) is 0 Å². The fourth-order valence-electron chi connectivity index (χ4n) is 3.54. The summed E-state index contributed by atoms with van der Waals surface area (Å²) in [6.45, 7) is 10.6. The molecule has 150 valence electrons. The molecule has 0 saturated heterocycles. The second-order valence-electron chi connectivity index (χ2n) is 8.64. The van der Waals surface area contributed by atoms with Gasteiger partial charge < -0.3 is 4.74 Å². The fourth-order valence-corrected chi connectivity index (χ4v) is 3.86. The Bertz CT molecular complexity index is 801. The van der Waals surface area contributed by atoms with Crippen LogP contribution in [0.4, 0.5) is 0 Å². The van der Waals surface area contributed by atoms with Crippen LogP contribution >= 0.6 is 11.6 Å². The number of hydrogen-bond donors (Lipinski definition) is 0. The molecule has 0 aliphatic carbocycles. The van der Waals surface area contributed by atoms with Crippen molar-refractivity contribution < 1.29 is 14.3 Å². The van der Waals surface area contributed by atoms with Gasteiger partial charge in [0.15, 0.2) is 5.78 Å². The van der Waals surface area contributed by atoms with E-state index < -0.39 is 11.9 Å². The van der Waals surface area contributed by atoms with E-state index in [-0.39, 0.29) is 23.7 Å². The fraction of sp³-hybridized carbons (Fsp3) is 0.417. The molecule has 2 aromatic rings. The molecule has 0 amide bonds. The highest BCUT2D eigenvalue weighted by Gasteiger charge is 2.33. The van der Waals surface area contributed by atoms with Crippen LogP contribution in [0.1, 0.15) is 61.5 Å². The number of Topliss-reactive ketones (excluding diaryl/α,β-unsaturated/α-hetero) is 1. The first-order chi connectivity index (χ1) is 13.1. The molecule has 2 unspecified atom stereocenters. The number of carbonyl (C=O) groups is 2. The maximum Gasteiger partial charge on any atom is 0.321 e. The Balaban J connectivity index is 2.28. The maximum absolute atomic E-state index is 13.3. The highest BCUT2D eigenvalue weighted by molar-refractivity contribution is 6.35. The lowest BCUT2D eigenvalue weighted by molar-refractivity contribution is -0.145. The molecule has 0 N–H and O–H groups in total. The van der Waals surface area contributed by atoms with Crippen molar-refractivity contribution in [3.63, 3.8) is 0 Å². The van der Waals surface area contributed by atoms with Gasteiger partial charge >= 0.3 is 5.97 Å². The van der Waals surface area contributed by atoms with Crippen molar-refractivity contribution in [2.24, 2.45) is 11.3 Å². The molecule has 4 heteroatoms. The molecular formula is C24H29ClO3. The van der Waals surface area contributed by atoms with Crippen molar-refractivity contribution in [2.75, 3.05) is 6.61 Å². The van der Waals surface area contributed by atoms with Gasteiger partial charge in [-0.25, -0.2) is 0 Å². The third-order valence-corrected chi connectivity index (χ3v) is 4.89. The quantitative estimate of drug-likeness (QED) is 0.314. The van der Waals surface area contributed by atoms with Crippen LogP contribution in [0, 0.1) is 18.3 Å². The van der Waals surface area contributed by atoms with Crippen molar-refractivity contribution in [3.05, 3.63) is 70.2 Å². The molecule has 2 aromatic carbocycles. The molecule has 0 aliphatic heterocycles. The maximum atomic E-state index is 13.3. The van der Waals surface area contributed by atoms with Crippen LogP contribution in [0.2, 0.25) is 5.02 Å². The molecule has 2 rings (SSSR count). The Morgan fingerprint density at radius 3 is 2.25 bits per heavy atom. The topological polar surface area (TPSA) is 43.4 Å². The van der Waals surface area contributed by atoms with Gasteiger partial charge in [0.25, 0.3) is 0 Å². The van der Waals surface area contributed by atoms with E-state index in [0.29, 0.717) is 16.1 Å². The minimum absolute atomic E-state index is 0.148. The zero-order chi connectivity index (χ0) is 20.9. The molecular weight excluding hydrogens is 372 g/mol. The van der Waals surface area contributed by atoms with Gasteiger partial charge in [0, 0.05) is 5.56 Å². The van der Waals surface area contributed by atoms with Crippen LogP contribution in [0.25, 0.3) is 0 Å². The van der Waals surface area contributed by atoms with Crippen LogP contribution in [0.15, 0.2) is 48.5 Å². The Morgan fingerprint density at radius 2 is 1.68 bits per heavy atom. The Labute approximate surface area is 173 Å². The van der Waals surface area contributed by atoms with Crippen LogP contribution in [-0.4, -0.2) is 18.4 Å². The Kier molecular flexibility index (Phi) is 7.42. The van der Waals surface area contributed by atoms with Gasteiger partial charge in [-0.05, 0) is 41.9 Å². The smallest absolute Gasteiger partial charge is 0.321 e. The normalized spacial score (nSPS) is 13.6. The molecule has 0 spiro atoms. The second-order valence-corrected chi connectivity index (χ2v) is 9.05. The zero-order valence-electron chi connectivity index (χ0n) is 17.3. The predicted molar refractivity (Wildman–Crippen MR) is 114 cm³/mol. The number of hydrogen-bond acceptors (Lipinski definition) is 3. The van der Waals surface area contributed by atoms with Gasteiger partial charge in [-0.15, -0.1) is 0 Å². The molecule has 0 bridgehead atoms. The summed E-state index contributed by atoms with van der Waals surface area (Å²) in [7, 11) is 0. The highest BCUT2D eigenvalue weighted by atomic mass is 35.5. The van der Waals surface area contributed by atoms with E-state index in [4.69, 9.17) is 16.3 Å². The standard InChI is InChI=1S/C24H29ClO3/c1-16(14-24(3,4)5)15-28-23(27)21(18-11-7-6-8-12-18)22(26)20-17(2)10-9-13-19(20)25/h6-13,16,21H,14-15H2,1-5H3. The average Bonchev–Trinajstić information content (AvgIpc) is 2.59. The number of ether oxygens (including phenoxy) is 1. The van der Waals surface area contributed by atoms with E-state index in [1.165, 1.54) is 0 Å². The first-order valence-electron chi connectivity index (χ1n) is 9.61. The van der Waals surface area contributed by atoms with Gasteiger partial charge in [-0.2, -0.15) is 0 Å². The number of benzene rings is 2. The number of carbonyl (C=O) groups excluding carboxylic acids is 2. The number of esters is 1. The summed E-state index contributed by atoms with van der Waals surface area (Å²) < 4.78 is 5.59. The molecule has 2 atom stereocenters. The monoisotopic (exact) mass is 400 g/mol. The third-order valence-electron chi connectivity index (χ3n) is 4.57. The van der Waals surface area contributed by atoms with Gasteiger partial charge in [-0.3, -0.25) is 9.59 Å². The Hall–Kier alpha value is -2.13. The lowest BCUT2D eigenvalue weighted by Crippen LogP contribution is -2.27. The lowest BCUT2D eigenvalue weighted by atomic mass is 9.86. The van der Waals surface area contributed by atoms with Crippen molar-refractivity contribution >= 4 is 23.4 Å². The first kappa shape index (κ1) is 22.2. The summed E-state index contributed by atoms with van der Waals surface area (Å²) in [5.41, 5.74) is 1.88. The number of halogens is 1. The minimum Gasteiger partial charge on any atom is -0.465 e. The predicted octanol–water partition coefficient (Wildman–Crippen LogP) is 6.23. The number of rotatable bonds is 7. The molecule has 0 radical (unpaired) electrons. The number of aryl methyl sites for hydroxylation is 1. The molecule has 0 aliphatic rings. The van der Waals surface area contributed by atoms with E-state index >= 15 is 0 Å². The van der Waals surface area contributed by atoms with Gasteiger partial charge in [0.05, 0.1) is 11.6 Å². The van der Waals surface area contributed by atoms with Gasteiger partial charge in [0.2, 0.25) is 0 Å². The van der Waals surface area contributed by atoms with Crippen molar-refractivity contribution in [3.8, 4) is 0 Å². The lowest BCUT2D eigenvalue weighted by Gasteiger charge is -2.24.